The summed E-state index contributed by atoms with van der Waals surface area (Å²) in [5, 5.41) is 21.7. The van der Waals surface area contributed by atoms with E-state index in [1.165, 1.54) is 12.2 Å². The zero-order chi connectivity index (χ0) is 14.0. The van der Waals surface area contributed by atoms with Crippen molar-refractivity contribution in [1.29, 1.82) is 0 Å². The van der Waals surface area contributed by atoms with Crippen molar-refractivity contribution in [3.63, 3.8) is 0 Å². The molecule has 0 amide bonds. The molecule has 0 aliphatic rings. The fourth-order valence-electron chi connectivity index (χ4n) is 1.93. The molecule has 0 atom stereocenters. The Bertz CT molecular complexity index is 286. The molecule has 0 heterocycles. The largest absolute Gasteiger partial charge is 0.550 e. The van der Waals surface area contributed by atoms with Gasteiger partial charge in [-0.3, -0.25) is 0 Å². The predicted molar refractivity (Wildman–Crippen MR) is 65.3 cm³/mol. The molecule has 0 bridgehead atoms. The van der Waals surface area contributed by atoms with Gasteiger partial charge in [0.15, 0.2) is 0 Å². The van der Waals surface area contributed by atoms with Crippen LogP contribution in [0.1, 0.15) is 58.8 Å². The Hall–Kier alpha value is -1.32. The lowest BCUT2D eigenvalue weighted by Crippen LogP contribution is -2.41. The summed E-state index contributed by atoms with van der Waals surface area (Å²) in [7, 11) is 0. The van der Waals surface area contributed by atoms with Gasteiger partial charge in [0.1, 0.15) is 0 Å². The van der Waals surface area contributed by atoms with E-state index in [0.29, 0.717) is 12.8 Å². The van der Waals surface area contributed by atoms with Gasteiger partial charge in [-0.15, -0.1) is 0 Å². The number of carbonyl (C=O) groups is 2. The first-order chi connectivity index (χ1) is 8.48. The molecule has 4 heteroatoms. The molecule has 104 valence electrons. The first kappa shape index (κ1) is 16.7. The van der Waals surface area contributed by atoms with Gasteiger partial charge in [0.2, 0.25) is 0 Å². The number of carbonyl (C=O) groups excluding carboxylic acids is 2. The molecule has 0 aromatic carbocycles. The minimum Gasteiger partial charge on any atom is -0.550 e. The van der Waals surface area contributed by atoms with Gasteiger partial charge in [-0.1, -0.05) is 51.7 Å². The van der Waals surface area contributed by atoms with Crippen molar-refractivity contribution in [2.75, 3.05) is 0 Å². The SMILES string of the molecule is CCCCC(/C=C/CC(=O)[O-])(CCCC)C(=O)[O-]. The molecule has 0 rings (SSSR count). The number of carboxylic acid groups (broad SMARTS) is 2. The van der Waals surface area contributed by atoms with Gasteiger partial charge >= 0.3 is 0 Å². The van der Waals surface area contributed by atoms with Crippen LogP contribution in [0.25, 0.3) is 0 Å². The van der Waals surface area contributed by atoms with E-state index in [0.717, 1.165) is 25.7 Å². The highest BCUT2D eigenvalue weighted by Crippen LogP contribution is 2.32. The second-order valence-corrected chi connectivity index (χ2v) is 4.63. The first-order valence-corrected chi connectivity index (χ1v) is 6.57. The van der Waals surface area contributed by atoms with Gasteiger partial charge in [0.05, 0.1) is 5.97 Å². The van der Waals surface area contributed by atoms with E-state index in [4.69, 9.17) is 0 Å². The molecule has 0 saturated carbocycles. The smallest absolute Gasteiger partial charge is 0.0514 e. The molecule has 0 N–H and O–H groups in total. The zero-order valence-corrected chi connectivity index (χ0v) is 11.2. The quantitative estimate of drug-likeness (QED) is 0.540. The Labute approximate surface area is 109 Å². The molecule has 18 heavy (non-hydrogen) atoms. The topological polar surface area (TPSA) is 80.3 Å². The lowest BCUT2D eigenvalue weighted by molar-refractivity contribution is -0.317. The van der Waals surface area contributed by atoms with Gasteiger partial charge < -0.3 is 19.8 Å². The van der Waals surface area contributed by atoms with Gasteiger partial charge in [0, 0.05) is 17.8 Å². The Morgan fingerprint density at radius 1 is 1.06 bits per heavy atom. The van der Waals surface area contributed by atoms with Gasteiger partial charge in [0.25, 0.3) is 0 Å². The van der Waals surface area contributed by atoms with Crippen LogP contribution >= 0.6 is 0 Å². The van der Waals surface area contributed by atoms with Crippen LogP contribution in [0.4, 0.5) is 0 Å². The summed E-state index contributed by atoms with van der Waals surface area (Å²) in [6.07, 6.45) is 6.96. The van der Waals surface area contributed by atoms with Crippen LogP contribution in [-0.4, -0.2) is 11.9 Å². The highest BCUT2D eigenvalue weighted by atomic mass is 16.4. The molecule has 0 unspecified atom stereocenters. The van der Waals surface area contributed by atoms with Crippen molar-refractivity contribution in [1.82, 2.24) is 0 Å². The van der Waals surface area contributed by atoms with Crippen LogP contribution in [-0.2, 0) is 9.59 Å². The minimum atomic E-state index is -1.20. The summed E-state index contributed by atoms with van der Waals surface area (Å²) in [4.78, 5) is 21.7. The van der Waals surface area contributed by atoms with Crippen molar-refractivity contribution in [3.8, 4) is 0 Å². The normalized spacial score (nSPS) is 11.9. The number of aliphatic carboxylic acids is 2. The van der Waals surface area contributed by atoms with Crippen molar-refractivity contribution >= 4 is 11.9 Å². The third-order valence-corrected chi connectivity index (χ3v) is 3.08. The Morgan fingerprint density at radius 2 is 1.56 bits per heavy atom. The van der Waals surface area contributed by atoms with E-state index >= 15 is 0 Å². The lowest BCUT2D eigenvalue weighted by atomic mass is 9.78. The first-order valence-electron chi connectivity index (χ1n) is 6.57. The molecule has 4 nitrogen and oxygen atoms in total. The predicted octanol–water partition coefficient (Wildman–Crippen LogP) is 0.799. The summed E-state index contributed by atoms with van der Waals surface area (Å²) in [5.41, 5.74) is -1.03. The molecule has 0 spiro atoms. The molecule has 0 aromatic heterocycles. The Balaban J connectivity index is 4.86. The van der Waals surface area contributed by atoms with Gasteiger partial charge in [-0.25, -0.2) is 0 Å². The molecule has 0 aliphatic heterocycles. The summed E-state index contributed by atoms with van der Waals surface area (Å²) in [6, 6.07) is 0. The highest BCUT2D eigenvalue weighted by Gasteiger charge is 2.27. The number of rotatable bonds is 10. The van der Waals surface area contributed by atoms with Gasteiger partial charge in [-0.05, 0) is 12.8 Å². The Morgan fingerprint density at radius 3 is 1.89 bits per heavy atom. The fraction of sp³-hybridized carbons (Fsp3) is 0.714. The second-order valence-electron chi connectivity index (χ2n) is 4.63. The lowest BCUT2D eigenvalue weighted by Gasteiger charge is -2.32. The van der Waals surface area contributed by atoms with E-state index in [2.05, 4.69) is 0 Å². The molecule has 0 aliphatic carbocycles. The van der Waals surface area contributed by atoms with Crippen molar-refractivity contribution in [3.05, 3.63) is 12.2 Å². The summed E-state index contributed by atoms with van der Waals surface area (Å²) >= 11 is 0. The number of carboxylic acids is 2. The molecule has 0 saturated heterocycles. The third kappa shape index (κ3) is 5.84. The summed E-state index contributed by atoms with van der Waals surface area (Å²) < 4.78 is 0. The van der Waals surface area contributed by atoms with Crippen LogP contribution in [0.5, 0.6) is 0 Å². The number of hydrogen-bond donors (Lipinski definition) is 0. The Kier molecular flexibility index (Phi) is 8.08. The van der Waals surface area contributed by atoms with Crippen LogP contribution in [0, 0.1) is 5.41 Å². The minimum absolute atomic E-state index is 0.257. The molecule has 0 fully saturated rings. The standard InChI is InChI=1S/C14H24O4/c1-3-5-9-14(13(17)18,10-6-4-2)11-7-8-12(15)16/h7,11H,3-6,8-10H2,1-2H3,(H,15,16)(H,17,18)/p-2/b11-7+. The van der Waals surface area contributed by atoms with E-state index in [9.17, 15) is 19.8 Å². The van der Waals surface area contributed by atoms with Crippen LogP contribution in [0.15, 0.2) is 12.2 Å². The number of hydrogen-bond acceptors (Lipinski definition) is 4. The van der Waals surface area contributed by atoms with E-state index in [-0.39, 0.29) is 6.42 Å². The van der Waals surface area contributed by atoms with E-state index in [1.54, 1.807) is 0 Å². The van der Waals surface area contributed by atoms with Crippen molar-refractivity contribution in [2.45, 2.75) is 58.8 Å². The van der Waals surface area contributed by atoms with Crippen LogP contribution in [0.3, 0.4) is 0 Å². The average Bonchev–Trinajstić information content (AvgIpc) is 2.31. The van der Waals surface area contributed by atoms with Crippen LogP contribution < -0.4 is 10.2 Å². The molecular weight excluding hydrogens is 232 g/mol. The third-order valence-electron chi connectivity index (χ3n) is 3.08. The van der Waals surface area contributed by atoms with Crippen molar-refractivity contribution in [2.24, 2.45) is 5.41 Å². The fourth-order valence-corrected chi connectivity index (χ4v) is 1.93. The average molecular weight is 254 g/mol. The van der Waals surface area contributed by atoms with E-state index < -0.39 is 17.4 Å². The molecule has 0 radical (unpaired) electrons. The molecular formula is C14H22O4-2. The molecule has 0 aromatic rings. The monoisotopic (exact) mass is 254 g/mol. The van der Waals surface area contributed by atoms with E-state index in [1.807, 2.05) is 13.8 Å². The maximum atomic E-state index is 11.4. The maximum absolute atomic E-state index is 11.4. The summed E-state index contributed by atoms with van der Waals surface area (Å²) in [5.74, 6) is -2.32. The van der Waals surface area contributed by atoms with Gasteiger partial charge in [-0.2, -0.15) is 0 Å². The van der Waals surface area contributed by atoms with Crippen molar-refractivity contribution < 1.29 is 19.8 Å². The van der Waals surface area contributed by atoms with Crippen LogP contribution in [0.2, 0.25) is 0 Å². The summed E-state index contributed by atoms with van der Waals surface area (Å²) in [6.45, 7) is 3.98. The zero-order valence-electron chi connectivity index (χ0n) is 11.2. The number of unbranched alkanes of at least 4 members (excludes halogenated alkanes) is 2. The second kappa shape index (κ2) is 8.72. The maximum Gasteiger partial charge on any atom is 0.0514 e. The highest BCUT2D eigenvalue weighted by molar-refractivity contribution is 5.75.